The van der Waals surface area contributed by atoms with Crippen molar-refractivity contribution in [3.8, 4) is 0 Å². The first-order valence-electron chi connectivity index (χ1n) is 8.52. The van der Waals surface area contributed by atoms with Crippen molar-refractivity contribution >= 4 is 17.6 Å². The topological polar surface area (TPSA) is 49.9 Å². The molecular formula is C18H21FN2O3. The van der Waals surface area contributed by atoms with Crippen LogP contribution >= 0.6 is 0 Å². The van der Waals surface area contributed by atoms with Crippen LogP contribution in [0.2, 0.25) is 0 Å². The van der Waals surface area contributed by atoms with E-state index in [0.29, 0.717) is 18.6 Å². The van der Waals surface area contributed by atoms with Crippen LogP contribution in [0.3, 0.4) is 0 Å². The van der Waals surface area contributed by atoms with Crippen molar-refractivity contribution in [2.24, 2.45) is 5.92 Å². The average Bonchev–Trinajstić information content (AvgIpc) is 3.19. The number of fused-ring (bicyclic) bond motifs is 4. The van der Waals surface area contributed by atoms with Crippen LogP contribution in [0, 0.1) is 11.7 Å². The van der Waals surface area contributed by atoms with Crippen molar-refractivity contribution in [2.45, 2.75) is 37.8 Å². The number of amides is 1. The number of carbonyl (C=O) groups excluding carboxylic acids is 2. The molecule has 1 spiro atoms. The molecule has 6 heteroatoms. The molecule has 3 aliphatic heterocycles. The molecule has 0 aliphatic carbocycles. The van der Waals surface area contributed by atoms with E-state index in [1.165, 1.54) is 12.1 Å². The molecule has 0 bridgehead atoms. The minimum absolute atomic E-state index is 0.00406. The van der Waals surface area contributed by atoms with Gasteiger partial charge in [0.05, 0.1) is 12.5 Å². The maximum atomic E-state index is 13.9. The molecule has 1 amide bonds. The summed E-state index contributed by atoms with van der Waals surface area (Å²) in [6, 6.07) is 4.48. The lowest BCUT2D eigenvalue weighted by Crippen LogP contribution is -2.49. The molecule has 0 N–H and O–H groups in total. The van der Waals surface area contributed by atoms with E-state index in [1.54, 1.807) is 24.9 Å². The number of benzene rings is 1. The predicted molar refractivity (Wildman–Crippen MR) is 86.0 cm³/mol. The van der Waals surface area contributed by atoms with Crippen molar-refractivity contribution in [1.82, 2.24) is 4.90 Å². The number of anilines is 1. The largest absolute Gasteiger partial charge is 0.466 e. The zero-order valence-corrected chi connectivity index (χ0v) is 13.9. The SMILES string of the molecule is CCOC(=O)[C@H]1C[C@@]2(C(=O)N(C)c3ccc(F)cc32)N2CCC[C@H]12. The Morgan fingerprint density at radius 1 is 1.46 bits per heavy atom. The zero-order valence-electron chi connectivity index (χ0n) is 13.9. The van der Waals surface area contributed by atoms with Crippen LogP contribution in [-0.4, -0.2) is 43.0 Å². The van der Waals surface area contributed by atoms with E-state index in [1.807, 2.05) is 0 Å². The van der Waals surface area contributed by atoms with Gasteiger partial charge in [-0.3, -0.25) is 14.5 Å². The molecule has 1 aromatic rings. The Balaban J connectivity index is 1.84. The number of hydrogen-bond donors (Lipinski definition) is 0. The summed E-state index contributed by atoms with van der Waals surface area (Å²) < 4.78 is 19.2. The van der Waals surface area contributed by atoms with E-state index in [0.717, 1.165) is 25.1 Å². The molecule has 24 heavy (non-hydrogen) atoms. The van der Waals surface area contributed by atoms with Gasteiger partial charge in [0.1, 0.15) is 11.4 Å². The maximum absolute atomic E-state index is 13.9. The van der Waals surface area contributed by atoms with Crippen LogP contribution in [-0.2, 0) is 19.9 Å². The highest BCUT2D eigenvalue weighted by atomic mass is 19.1. The fraction of sp³-hybridized carbons (Fsp3) is 0.556. The third-order valence-corrected chi connectivity index (χ3v) is 5.78. The van der Waals surface area contributed by atoms with Crippen LogP contribution < -0.4 is 4.90 Å². The minimum Gasteiger partial charge on any atom is -0.466 e. The second-order valence-corrected chi connectivity index (χ2v) is 6.85. The van der Waals surface area contributed by atoms with Crippen LogP contribution in [0.5, 0.6) is 0 Å². The fourth-order valence-corrected chi connectivity index (χ4v) is 4.85. The van der Waals surface area contributed by atoms with E-state index in [2.05, 4.69) is 4.90 Å². The van der Waals surface area contributed by atoms with Gasteiger partial charge in [-0.25, -0.2) is 4.39 Å². The molecule has 0 aromatic heterocycles. The Bertz CT molecular complexity index is 722. The van der Waals surface area contributed by atoms with E-state index in [-0.39, 0.29) is 29.7 Å². The Morgan fingerprint density at radius 3 is 3.00 bits per heavy atom. The van der Waals surface area contributed by atoms with Crippen molar-refractivity contribution in [3.63, 3.8) is 0 Å². The monoisotopic (exact) mass is 332 g/mol. The van der Waals surface area contributed by atoms with E-state index < -0.39 is 5.54 Å². The molecule has 128 valence electrons. The Kier molecular flexibility index (Phi) is 3.42. The third kappa shape index (κ3) is 1.83. The second kappa shape index (κ2) is 5.28. The molecule has 3 atom stereocenters. The van der Waals surface area contributed by atoms with Crippen molar-refractivity contribution in [2.75, 3.05) is 25.1 Å². The lowest BCUT2D eigenvalue weighted by molar-refractivity contribution is -0.148. The van der Waals surface area contributed by atoms with E-state index in [9.17, 15) is 14.0 Å². The van der Waals surface area contributed by atoms with Gasteiger partial charge in [-0.15, -0.1) is 0 Å². The first-order valence-corrected chi connectivity index (χ1v) is 8.52. The second-order valence-electron chi connectivity index (χ2n) is 6.85. The summed E-state index contributed by atoms with van der Waals surface area (Å²) in [5, 5.41) is 0. The van der Waals surface area contributed by atoms with E-state index in [4.69, 9.17) is 4.74 Å². The highest BCUT2D eigenvalue weighted by Crippen LogP contribution is 2.55. The Labute approximate surface area is 140 Å². The molecule has 5 nitrogen and oxygen atoms in total. The number of ether oxygens (including phenoxy) is 1. The zero-order chi connectivity index (χ0) is 17.1. The van der Waals surface area contributed by atoms with Crippen LogP contribution in [0.1, 0.15) is 31.7 Å². The molecule has 0 saturated carbocycles. The highest BCUT2D eigenvalue weighted by Gasteiger charge is 2.64. The van der Waals surface area contributed by atoms with Gasteiger partial charge in [-0.1, -0.05) is 0 Å². The summed E-state index contributed by atoms with van der Waals surface area (Å²) in [6.07, 6.45) is 2.17. The molecule has 2 saturated heterocycles. The summed E-state index contributed by atoms with van der Waals surface area (Å²) in [7, 11) is 1.72. The number of halogens is 1. The summed E-state index contributed by atoms with van der Waals surface area (Å²) in [6.45, 7) is 2.86. The fourth-order valence-electron chi connectivity index (χ4n) is 4.85. The number of carbonyl (C=O) groups is 2. The van der Waals surface area contributed by atoms with Gasteiger partial charge < -0.3 is 9.64 Å². The number of likely N-dealkylation sites (N-methyl/N-ethyl adjacent to an activating group) is 1. The van der Waals surface area contributed by atoms with Gasteiger partial charge in [-0.2, -0.15) is 0 Å². The first-order chi connectivity index (χ1) is 11.5. The molecule has 2 fully saturated rings. The average molecular weight is 332 g/mol. The molecule has 3 aliphatic rings. The number of rotatable bonds is 2. The minimum atomic E-state index is -0.926. The summed E-state index contributed by atoms with van der Waals surface area (Å²) >= 11 is 0. The first kappa shape index (κ1) is 15.6. The van der Waals surface area contributed by atoms with Gasteiger partial charge in [0.15, 0.2) is 0 Å². The highest BCUT2D eigenvalue weighted by molar-refractivity contribution is 6.08. The van der Waals surface area contributed by atoms with E-state index >= 15 is 0 Å². The number of hydrogen-bond acceptors (Lipinski definition) is 4. The molecule has 4 rings (SSSR count). The van der Waals surface area contributed by atoms with Crippen molar-refractivity contribution in [3.05, 3.63) is 29.6 Å². The maximum Gasteiger partial charge on any atom is 0.310 e. The Morgan fingerprint density at radius 2 is 2.25 bits per heavy atom. The van der Waals surface area contributed by atoms with Crippen LogP contribution in [0.25, 0.3) is 0 Å². The summed E-state index contributed by atoms with van der Waals surface area (Å²) in [5.74, 6) is -1.00. The smallest absolute Gasteiger partial charge is 0.310 e. The lowest BCUT2D eigenvalue weighted by Gasteiger charge is -2.33. The van der Waals surface area contributed by atoms with Crippen LogP contribution in [0.4, 0.5) is 10.1 Å². The molecule has 3 heterocycles. The number of nitrogens with zero attached hydrogens (tertiary/aromatic N) is 2. The van der Waals surface area contributed by atoms with Gasteiger partial charge >= 0.3 is 5.97 Å². The third-order valence-electron chi connectivity index (χ3n) is 5.78. The summed E-state index contributed by atoms with van der Waals surface area (Å²) in [4.78, 5) is 29.3. The van der Waals surface area contributed by atoms with Gasteiger partial charge in [0.25, 0.3) is 5.91 Å². The molecule has 1 aromatic carbocycles. The lowest BCUT2D eigenvalue weighted by atomic mass is 9.84. The van der Waals surface area contributed by atoms with Crippen molar-refractivity contribution < 1.29 is 18.7 Å². The van der Waals surface area contributed by atoms with Crippen molar-refractivity contribution in [1.29, 1.82) is 0 Å². The standard InChI is InChI=1S/C18H21FN2O3/c1-3-24-16(22)12-10-18(21-8-4-5-14(12)21)13-9-11(19)6-7-15(13)20(2)17(18)23/h6-7,9,12,14H,3-5,8,10H2,1-2H3/t12-,14+,18+/m0/s1. The summed E-state index contributed by atoms with van der Waals surface area (Å²) in [5.41, 5.74) is 0.496. The van der Waals surface area contributed by atoms with Gasteiger partial charge in [0, 0.05) is 24.3 Å². The van der Waals surface area contributed by atoms with Gasteiger partial charge in [0.2, 0.25) is 0 Å². The normalized spacial score (nSPS) is 31.6. The van der Waals surface area contributed by atoms with Gasteiger partial charge in [-0.05, 0) is 50.9 Å². The Hall–Kier alpha value is -1.95. The van der Waals surface area contributed by atoms with Crippen LogP contribution in [0.15, 0.2) is 18.2 Å². The quantitative estimate of drug-likeness (QED) is 0.778. The molecule has 0 radical (unpaired) electrons. The molecule has 0 unspecified atom stereocenters. The predicted octanol–water partition coefficient (Wildman–Crippen LogP) is 2.04. The molecular weight excluding hydrogens is 311 g/mol. The number of esters is 1.